The highest BCUT2D eigenvalue weighted by Gasteiger charge is 2.27. The molecule has 1 aromatic rings. The lowest BCUT2D eigenvalue weighted by Crippen LogP contribution is -2.38. The first-order valence-corrected chi connectivity index (χ1v) is 6.44. The number of aromatic nitrogens is 1. The summed E-state index contributed by atoms with van der Waals surface area (Å²) in [4.78, 5) is 6.72. The molecule has 0 radical (unpaired) electrons. The lowest BCUT2D eigenvalue weighted by atomic mass is 9.95. The van der Waals surface area contributed by atoms with Crippen molar-refractivity contribution in [3.05, 3.63) is 29.0 Å². The van der Waals surface area contributed by atoms with Gasteiger partial charge in [0.25, 0.3) is 0 Å². The minimum atomic E-state index is 0.454. The second kappa shape index (κ2) is 5.15. The fraction of sp³-hybridized carbons (Fsp3) is 0.615. The molecule has 88 valence electrons. The van der Waals surface area contributed by atoms with Crippen molar-refractivity contribution in [3.63, 3.8) is 0 Å². The summed E-state index contributed by atoms with van der Waals surface area (Å²) in [7, 11) is 0. The van der Waals surface area contributed by atoms with E-state index in [-0.39, 0.29) is 0 Å². The Hall–Kier alpha value is -0.600. The van der Waals surface area contributed by atoms with Crippen molar-refractivity contribution < 1.29 is 0 Å². The standard InChI is InChI=1S/C13H19ClN2/c1-10(2)16-9-4-3-7-12(16)11-6-5-8-15-13(11)14/h5-6,8,10,12H,3-4,7,9H2,1-2H3/t12-/m0/s1. The van der Waals surface area contributed by atoms with E-state index in [1.807, 2.05) is 6.07 Å². The third-order valence-electron chi connectivity index (χ3n) is 3.35. The molecule has 0 unspecified atom stereocenters. The highest BCUT2D eigenvalue weighted by atomic mass is 35.5. The maximum absolute atomic E-state index is 6.19. The quantitative estimate of drug-likeness (QED) is 0.731. The number of pyridine rings is 1. The zero-order chi connectivity index (χ0) is 11.5. The van der Waals surface area contributed by atoms with Crippen LogP contribution in [0.3, 0.4) is 0 Å². The van der Waals surface area contributed by atoms with Gasteiger partial charge in [0.2, 0.25) is 0 Å². The molecule has 2 rings (SSSR count). The van der Waals surface area contributed by atoms with Crippen LogP contribution in [-0.2, 0) is 0 Å². The van der Waals surface area contributed by atoms with Crippen molar-refractivity contribution in [3.8, 4) is 0 Å². The van der Waals surface area contributed by atoms with E-state index in [4.69, 9.17) is 11.6 Å². The van der Waals surface area contributed by atoms with Gasteiger partial charge in [-0.15, -0.1) is 0 Å². The van der Waals surface area contributed by atoms with Crippen molar-refractivity contribution in [1.82, 2.24) is 9.88 Å². The molecule has 1 aliphatic rings. The lowest BCUT2D eigenvalue weighted by Gasteiger charge is -2.39. The van der Waals surface area contributed by atoms with Gasteiger partial charge in [0.15, 0.2) is 0 Å². The average molecular weight is 239 g/mol. The highest BCUT2D eigenvalue weighted by molar-refractivity contribution is 6.30. The van der Waals surface area contributed by atoms with Crippen LogP contribution in [0.15, 0.2) is 18.3 Å². The van der Waals surface area contributed by atoms with Gasteiger partial charge in [0.05, 0.1) is 0 Å². The van der Waals surface area contributed by atoms with Crippen molar-refractivity contribution in [1.29, 1.82) is 0 Å². The van der Waals surface area contributed by atoms with Gasteiger partial charge in [0.1, 0.15) is 5.15 Å². The monoisotopic (exact) mass is 238 g/mol. The van der Waals surface area contributed by atoms with Crippen LogP contribution in [0.2, 0.25) is 5.15 Å². The van der Waals surface area contributed by atoms with E-state index in [0.29, 0.717) is 17.2 Å². The van der Waals surface area contributed by atoms with E-state index >= 15 is 0 Å². The molecule has 1 atom stereocenters. The van der Waals surface area contributed by atoms with Crippen LogP contribution in [0.1, 0.15) is 44.7 Å². The van der Waals surface area contributed by atoms with E-state index < -0.39 is 0 Å². The number of piperidine rings is 1. The first-order chi connectivity index (χ1) is 7.70. The molecule has 0 N–H and O–H groups in total. The van der Waals surface area contributed by atoms with Gasteiger partial charge < -0.3 is 0 Å². The normalized spacial score (nSPS) is 22.6. The Balaban J connectivity index is 2.27. The fourth-order valence-corrected chi connectivity index (χ4v) is 2.80. The van der Waals surface area contributed by atoms with E-state index in [0.717, 1.165) is 0 Å². The summed E-state index contributed by atoms with van der Waals surface area (Å²) in [6, 6.07) is 5.12. The van der Waals surface area contributed by atoms with Crippen LogP contribution in [0.4, 0.5) is 0 Å². The molecule has 1 fully saturated rings. The summed E-state index contributed by atoms with van der Waals surface area (Å²) in [5.41, 5.74) is 1.19. The summed E-state index contributed by atoms with van der Waals surface area (Å²) < 4.78 is 0. The van der Waals surface area contributed by atoms with E-state index in [2.05, 4.69) is 29.8 Å². The lowest BCUT2D eigenvalue weighted by molar-refractivity contribution is 0.112. The highest BCUT2D eigenvalue weighted by Crippen LogP contribution is 2.34. The smallest absolute Gasteiger partial charge is 0.133 e. The maximum Gasteiger partial charge on any atom is 0.133 e. The minimum Gasteiger partial charge on any atom is -0.294 e. The predicted molar refractivity (Wildman–Crippen MR) is 67.7 cm³/mol. The summed E-state index contributed by atoms with van der Waals surface area (Å²) in [6.07, 6.45) is 5.55. The number of hydrogen-bond acceptors (Lipinski definition) is 2. The molecule has 1 aromatic heterocycles. The SMILES string of the molecule is CC(C)N1CCCC[C@H]1c1cccnc1Cl. The van der Waals surface area contributed by atoms with Gasteiger partial charge >= 0.3 is 0 Å². The molecular formula is C13H19ClN2. The van der Waals surface area contributed by atoms with Crippen LogP contribution in [0, 0.1) is 0 Å². The second-order valence-corrected chi connectivity index (χ2v) is 5.08. The Morgan fingerprint density at radius 1 is 1.44 bits per heavy atom. The van der Waals surface area contributed by atoms with Crippen LogP contribution in [0.5, 0.6) is 0 Å². The number of halogens is 1. The molecule has 0 aromatic carbocycles. The fourth-order valence-electron chi connectivity index (χ4n) is 2.55. The first kappa shape index (κ1) is 11.9. The minimum absolute atomic E-state index is 0.454. The molecule has 3 heteroatoms. The first-order valence-electron chi connectivity index (χ1n) is 6.06. The number of likely N-dealkylation sites (tertiary alicyclic amines) is 1. The van der Waals surface area contributed by atoms with Gasteiger partial charge in [0, 0.05) is 23.8 Å². The van der Waals surface area contributed by atoms with E-state index in [1.165, 1.54) is 31.4 Å². The van der Waals surface area contributed by atoms with Crippen LogP contribution < -0.4 is 0 Å². The Morgan fingerprint density at radius 3 is 2.94 bits per heavy atom. The zero-order valence-electron chi connectivity index (χ0n) is 9.99. The molecule has 0 bridgehead atoms. The van der Waals surface area contributed by atoms with Crippen molar-refractivity contribution in [2.75, 3.05) is 6.54 Å². The third-order valence-corrected chi connectivity index (χ3v) is 3.67. The Bertz CT molecular complexity index is 352. The van der Waals surface area contributed by atoms with Gasteiger partial charge in [-0.05, 0) is 39.3 Å². The van der Waals surface area contributed by atoms with Crippen molar-refractivity contribution in [2.45, 2.75) is 45.2 Å². The summed E-state index contributed by atoms with van der Waals surface area (Å²) >= 11 is 6.19. The van der Waals surface area contributed by atoms with Crippen LogP contribution in [0.25, 0.3) is 0 Å². The number of nitrogens with zero attached hydrogens (tertiary/aromatic N) is 2. The largest absolute Gasteiger partial charge is 0.294 e. The van der Waals surface area contributed by atoms with Gasteiger partial charge in [-0.2, -0.15) is 0 Å². The molecular weight excluding hydrogens is 220 g/mol. The molecule has 0 amide bonds. The zero-order valence-corrected chi connectivity index (χ0v) is 10.7. The summed E-state index contributed by atoms with van der Waals surface area (Å²) in [5.74, 6) is 0. The van der Waals surface area contributed by atoms with Crippen LogP contribution >= 0.6 is 11.6 Å². The maximum atomic E-state index is 6.19. The Morgan fingerprint density at radius 2 is 2.25 bits per heavy atom. The van der Waals surface area contributed by atoms with E-state index in [1.54, 1.807) is 6.20 Å². The van der Waals surface area contributed by atoms with E-state index in [9.17, 15) is 0 Å². The van der Waals surface area contributed by atoms with Gasteiger partial charge in [-0.25, -0.2) is 4.98 Å². The molecule has 16 heavy (non-hydrogen) atoms. The second-order valence-electron chi connectivity index (χ2n) is 4.73. The number of hydrogen-bond donors (Lipinski definition) is 0. The Kier molecular flexibility index (Phi) is 3.82. The van der Waals surface area contributed by atoms with Gasteiger partial charge in [-0.1, -0.05) is 24.1 Å². The molecule has 1 aliphatic heterocycles. The number of rotatable bonds is 2. The molecule has 2 nitrogen and oxygen atoms in total. The Labute approximate surface area is 103 Å². The molecule has 0 spiro atoms. The summed E-state index contributed by atoms with van der Waals surface area (Å²) in [5, 5.41) is 0.667. The van der Waals surface area contributed by atoms with Gasteiger partial charge in [-0.3, -0.25) is 4.90 Å². The summed E-state index contributed by atoms with van der Waals surface area (Å²) in [6.45, 7) is 5.68. The molecule has 0 saturated carbocycles. The molecule has 2 heterocycles. The third kappa shape index (κ3) is 2.38. The van der Waals surface area contributed by atoms with Crippen molar-refractivity contribution in [2.24, 2.45) is 0 Å². The van der Waals surface area contributed by atoms with Crippen LogP contribution in [-0.4, -0.2) is 22.5 Å². The predicted octanol–water partition coefficient (Wildman–Crippen LogP) is 3.67. The topological polar surface area (TPSA) is 16.1 Å². The molecule has 1 saturated heterocycles. The molecule has 0 aliphatic carbocycles. The van der Waals surface area contributed by atoms with Crippen molar-refractivity contribution >= 4 is 11.6 Å². The average Bonchev–Trinajstić information content (AvgIpc) is 2.29.